The lowest BCUT2D eigenvalue weighted by molar-refractivity contribution is 0.0681. The van der Waals surface area contributed by atoms with Gasteiger partial charge < -0.3 is 4.74 Å². The highest BCUT2D eigenvalue weighted by molar-refractivity contribution is 9.10. The van der Waals surface area contributed by atoms with Crippen LogP contribution in [-0.4, -0.2) is 19.3 Å². The molecule has 1 aliphatic rings. The summed E-state index contributed by atoms with van der Waals surface area (Å²) in [5.41, 5.74) is 1.72. The Morgan fingerprint density at radius 3 is 2.04 bits per heavy atom. The SMILES string of the molecule is O=S(=O)(c1ccccc1)N1C(c2ccc(Br)cc2)COC1c1ccccc1. The summed E-state index contributed by atoms with van der Waals surface area (Å²) in [5.74, 6) is 0. The lowest BCUT2D eigenvalue weighted by atomic mass is 10.1. The topological polar surface area (TPSA) is 46.6 Å². The number of ether oxygens (including phenoxy) is 1. The van der Waals surface area contributed by atoms with Crippen LogP contribution in [0.4, 0.5) is 0 Å². The van der Waals surface area contributed by atoms with E-state index in [2.05, 4.69) is 15.9 Å². The zero-order valence-electron chi connectivity index (χ0n) is 14.4. The monoisotopic (exact) mass is 443 g/mol. The summed E-state index contributed by atoms with van der Waals surface area (Å²) in [6, 6.07) is 25.3. The first-order chi connectivity index (χ1) is 13.1. The molecule has 3 aromatic rings. The van der Waals surface area contributed by atoms with E-state index >= 15 is 0 Å². The Kier molecular flexibility index (Phi) is 5.14. The second-order valence-electron chi connectivity index (χ2n) is 6.31. The number of rotatable bonds is 4. The molecule has 4 nitrogen and oxygen atoms in total. The predicted molar refractivity (Wildman–Crippen MR) is 107 cm³/mol. The summed E-state index contributed by atoms with van der Waals surface area (Å²) in [6.45, 7) is 0.299. The summed E-state index contributed by atoms with van der Waals surface area (Å²) in [7, 11) is -3.75. The maximum Gasteiger partial charge on any atom is 0.246 e. The van der Waals surface area contributed by atoms with Gasteiger partial charge in [0.25, 0.3) is 0 Å². The van der Waals surface area contributed by atoms with Gasteiger partial charge in [0.1, 0.15) is 0 Å². The number of hydrogen-bond acceptors (Lipinski definition) is 3. The van der Waals surface area contributed by atoms with E-state index in [1.807, 2.05) is 54.6 Å². The zero-order valence-corrected chi connectivity index (χ0v) is 16.8. The van der Waals surface area contributed by atoms with Crippen LogP contribution in [0.1, 0.15) is 23.4 Å². The third kappa shape index (κ3) is 3.58. The van der Waals surface area contributed by atoms with Crippen molar-refractivity contribution in [2.45, 2.75) is 17.2 Å². The van der Waals surface area contributed by atoms with Crippen molar-refractivity contribution in [3.05, 3.63) is 101 Å². The molecule has 3 aromatic carbocycles. The van der Waals surface area contributed by atoms with Crippen molar-refractivity contribution < 1.29 is 13.2 Å². The highest BCUT2D eigenvalue weighted by Crippen LogP contribution is 2.42. The first kappa shape index (κ1) is 18.4. The third-order valence-corrected chi connectivity index (χ3v) is 7.01. The van der Waals surface area contributed by atoms with Crippen molar-refractivity contribution in [1.29, 1.82) is 0 Å². The van der Waals surface area contributed by atoms with Gasteiger partial charge in [-0.15, -0.1) is 0 Å². The van der Waals surface area contributed by atoms with Crippen LogP contribution in [0.3, 0.4) is 0 Å². The molecule has 0 N–H and O–H groups in total. The quantitative estimate of drug-likeness (QED) is 0.575. The molecule has 0 bridgehead atoms. The maximum absolute atomic E-state index is 13.5. The van der Waals surface area contributed by atoms with Gasteiger partial charge in [0.05, 0.1) is 17.5 Å². The minimum atomic E-state index is -3.75. The van der Waals surface area contributed by atoms with Gasteiger partial charge in [0, 0.05) is 4.47 Å². The van der Waals surface area contributed by atoms with E-state index in [1.54, 1.807) is 30.3 Å². The molecule has 1 saturated heterocycles. The lowest BCUT2D eigenvalue weighted by Gasteiger charge is -2.28. The summed E-state index contributed by atoms with van der Waals surface area (Å²) in [5, 5.41) is 0. The van der Waals surface area contributed by atoms with E-state index in [9.17, 15) is 8.42 Å². The number of nitrogens with zero attached hydrogens (tertiary/aromatic N) is 1. The lowest BCUT2D eigenvalue weighted by Crippen LogP contribution is -2.33. The van der Waals surface area contributed by atoms with Crippen molar-refractivity contribution in [1.82, 2.24) is 4.31 Å². The van der Waals surface area contributed by atoms with E-state index in [4.69, 9.17) is 4.74 Å². The number of benzene rings is 3. The van der Waals surface area contributed by atoms with Crippen molar-refractivity contribution in [2.24, 2.45) is 0 Å². The fraction of sp³-hybridized carbons (Fsp3) is 0.143. The molecule has 0 saturated carbocycles. The van der Waals surface area contributed by atoms with E-state index in [1.165, 1.54) is 4.31 Å². The van der Waals surface area contributed by atoms with Crippen LogP contribution in [-0.2, 0) is 14.8 Å². The van der Waals surface area contributed by atoms with Gasteiger partial charge >= 0.3 is 0 Å². The number of sulfonamides is 1. The van der Waals surface area contributed by atoms with Gasteiger partial charge in [-0.05, 0) is 35.4 Å². The minimum absolute atomic E-state index is 0.263. The Morgan fingerprint density at radius 1 is 0.815 bits per heavy atom. The highest BCUT2D eigenvalue weighted by Gasteiger charge is 2.44. The summed E-state index contributed by atoms with van der Waals surface area (Å²) >= 11 is 3.43. The standard InChI is InChI=1S/C21H18BrNO3S/c22-18-13-11-16(12-14-18)20-15-26-21(17-7-3-1-4-8-17)23(20)27(24,25)19-9-5-2-6-10-19/h1-14,20-21H,15H2. The molecule has 2 unspecified atom stereocenters. The van der Waals surface area contributed by atoms with Gasteiger partial charge in [0.2, 0.25) is 10.0 Å². The second kappa shape index (κ2) is 7.56. The van der Waals surface area contributed by atoms with Crippen LogP contribution in [0, 0.1) is 0 Å². The molecule has 1 fully saturated rings. The Balaban J connectivity index is 1.82. The second-order valence-corrected chi connectivity index (χ2v) is 9.07. The maximum atomic E-state index is 13.5. The zero-order chi connectivity index (χ0) is 18.9. The van der Waals surface area contributed by atoms with Gasteiger partial charge in [-0.1, -0.05) is 76.6 Å². The summed E-state index contributed by atoms with van der Waals surface area (Å²) in [6.07, 6.45) is -0.662. The van der Waals surface area contributed by atoms with Crippen LogP contribution in [0.25, 0.3) is 0 Å². The first-order valence-corrected chi connectivity index (χ1v) is 10.8. The Morgan fingerprint density at radius 2 is 1.41 bits per heavy atom. The largest absolute Gasteiger partial charge is 0.356 e. The average Bonchev–Trinajstić information content (AvgIpc) is 3.16. The van der Waals surface area contributed by atoms with Crippen molar-refractivity contribution in [2.75, 3.05) is 6.61 Å². The van der Waals surface area contributed by atoms with Crippen LogP contribution in [0.2, 0.25) is 0 Å². The van der Waals surface area contributed by atoms with Gasteiger partial charge in [-0.3, -0.25) is 0 Å². The van der Waals surface area contributed by atoms with Gasteiger partial charge in [-0.2, -0.15) is 4.31 Å². The molecule has 6 heteroatoms. The van der Waals surface area contributed by atoms with Crippen molar-refractivity contribution in [3.63, 3.8) is 0 Å². The Bertz CT molecular complexity index is 1010. The third-order valence-electron chi connectivity index (χ3n) is 4.61. The fourth-order valence-corrected chi connectivity index (χ4v) is 5.25. The molecular weight excluding hydrogens is 426 g/mol. The molecule has 0 aliphatic carbocycles. The normalized spacial score (nSPS) is 20.6. The molecule has 27 heavy (non-hydrogen) atoms. The van der Waals surface area contributed by atoms with E-state index in [-0.39, 0.29) is 4.90 Å². The fourth-order valence-electron chi connectivity index (χ4n) is 3.29. The molecule has 1 aliphatic heterocycles. The molecule has 0 radical (unpaired) electrons. The molecule has 1 heterocycles. The molecule has 0 amide bonds. The van der Waals surface area contributed by atoms with E-state index in [0.717, 1.165) is 15.6 Å². The van der Waals surface area contributed by atoms with E-state index in [0.29, 0.717) is 6.61 Å². The van der Waals surface area contributed by atoms with Gasteiger partial charge in [-0.25, -0.2) is 8.42 Å². The summed E-state index contributed by atoms with van der Waals surface area (Å²) in [4.78, 5) is 0.263. The van der Waals surface area contributed by atoms with Crippen LogP contribution in [0.15, 0.2) is 94.3 Å². The molecule has 2 atom stereocenters. The van der Waals surface area contributed by atoms with Crippen LogP contribution >= 0.6 is 15.9 Å². The molecule has 0 spiro atoms. The molecule has 0 aromatic heterocycles. The van der Waals surface area contributed by atoms with Crippen molar-refractivity contribution in [3.8, 4) is 0 Å². The first-order valence-electron chi connectivity index (χ1n) is 8.58. The van der Waals surface area contributed by atoms with Gasteiger partial charge in [0.15, 0.2) is 6.23 Å². The Hall–Kier alpha value is -1.99. The highest BCUT2D eigenvalue weighted by atomic mass is 79.9. The average molecular weight is 444 g/mol. The predicted octanol–water partition coefficient (Wildman–Crippen LogP) is 4.91. The number of hydrogen-bond donors (Lipinski definition) is 0. The Labute approximate surface area is 167 Å². The molecule has 4 rings (SSSR count). The molecule has 138 valence electrons. The number of halogens is 1. The summed E-state index contributed by atoms with van der Waals surface area (Å²) < 4.78 is 35.4. The minimum Gasteiger partial charge on any atom is -0.356 e. The van der Waals surface area contributed by atoms with Crippen molar-refractivity contribution >= 4 is 26.0 Å². The smallest absolute Gasteiger partial charge is 0.246 e. The van der Waals surface area contributed by atoms with Crippen LogP contribution < -0.4 is 0 Å². The van der Waals surface area contributed by atoms with E-state index < -0.39 is 22.3 Å². The van der Waals surface area contributed by atoms with Crippen LogP contribution in [0.5, 0.6) is 0 Å². The molecular formula is C21H18BrNO3S.